The number of nitrogens with one attached hydrogen (secondary N) is 2. The lowest BCUT2D eigenvalue weighted by Gasteiger charge is -2.03. The quantitative estimate of drug-likeness (QED) is 0.833. The first-order chi connectivity index (χ1) is 9.86. The second-order valence-electron chi connectivity index (χ2n) is 4.76. The third-order valence-corrected chi connectivity index (χ3v) is 3.18. The van der Waals surface area contributed by atoms with E-state index in [0.29, 0.717) is 22.5 Å². The van der Waals surface area contributed by atoms with Crippen LogP contribution in [0.2, 0.25) is 0 Å². The Labute approximate surface area is 120 Å². The highest BCUT2D eigenvalue weighted by molar-refractivity contribution is 6.01. The van der Waals surface area contributed by atoms with Crippen LogP contribution in [0.4, 0.5) is 0 Å². The van der Waals surface area contributed by atoms with Crippen molar-refractivity contribution in [3.05, 3.63) is 44.6 Å². The highest BCUT2D eigenvalue weighted by Crippen LogP contribution is 2.19. The Bertz CT molecular complexity index is 764. The number of carbonyl (C=O) groups excluding carboxylic acids is 2. The SMILES string of the molecule is CCOC(=O)c1c(C)[nH]c(C(=O)n2[nH]c(C)cc2=O)c1C. The van der Waals surface area contributed by atoms with Crippen LogP contribution in [0.1, 0.15) is 44.7 Å². The van der Waals surface area contributed by atoms with Gasteiger partial charge in [-0.3, -0.25) is 14.7 Å². The van der Waals surface area contributed by atoms with Crippen molar-refractivity contribution >= 4 is 11.9 Å². The lowest BCUT2D eigenvalue weighted by molar-refractivity contribution is 0.0525. The summed E-state index contributed by atoms with van der Waals surface area (Å²) in [4.78, 5) is 38.9. The number of aromatic amines is 2. The predicted molar refractivity (Wildman–Crippen MR) is 75.7 cm³/mol. The molecule has 0 unspecified atom stereocenters. The van der Waals surface area contributed by atoms with Gasteiger partial charge in [0.05, 0.1) is 12.2 Å². The summed E-state index contributed by atoms with van der Waals surface area (Å²) in [6, 6.07) is 1.33. The fourth-order valence-corrected chi connectivity index (χ4v) is 2.25. The fraction of sp³-hybridized carbons (Fsp3) is 0.357. The Balaban J connectivity index is 2.49. The molecule has 0 radical (unpaired) electrons. The van der Waals surface area contributed by atoms with E-state index >= 15 is 0 Å². The molecule has 0 aliphatic carbocycles. The number of nitrogens with zero attached hydrogens (tertiary/aromatic N) is 1. The Morgan fingerprint density at radius 3 is 2.48 bits per heavy atom. The average molecular weight is 291 g/mol. The van der Waals surface area contributed by atoms with Gasteiger partial charge in [-0.15, -0.1) is 0 Å². The molecule has 0 fully saturated rings. The minimum Gasteiger partial charge on any atom is -0.462 e. The third-order valence-electron chi connectivity index (χ3n) is 3.18. The second-order valence-corrected chi connectivity index (χ2v) is 4.76. The molecule has 2 aromatic heterocycles. The Kier molecular flexibility index (Phi) is 3.84. The molecular formula is C14H17N3O4. The van der Waals surface area contributed by atoms with Crippen molar-refractivity contribution in [2.24, 2.45) is 0 Å². The van der Waals surface area contributed by atoms with Crippen molar-refractivity contribution in [3.8, 4) is 0 Å². The largest absolute Gasteiger partial charge is 0.462 e. The molecule has 112 valence electrons. The van der Waals surface area contributed by atoms with Crippen molar-refractivity contribution in [2.45, 2.75) is 27.7 Å². The molecular weight excluding hydrogens is 274 g/mol. The van der Waals surface area contributed by atoms with Gasteiger partial charge >= 0.3 is 5.97 Å². The maximum Gasteiger partial charge on any atom is 0.340 e. The van der Waals surface area contributed by atoms with Crippen molar-refractivity contribution in [1.29, 1.82) is 0 Å². The molecule has 0 saturated carbocycles. The van der Waals surface area contributed by atoms with E-state index in [1.165, 1.54) is 6.07 Å². The summed E-state index contributed by atoms with van der Waals surface area (Å²) in [6.07, 6.45) is 0. The molecule has 7 nitrogen and oxygen atoms in total. The summed E-state index contributed by atoms with van der Waals surface area (Å²) >= 11 is 0. The lowest BCUT2D eigenvalue weighted by atomic mass is 10.1. The third kappa shape index (κ3) is 2.54. The zero-order valence-corrected chi connectivity index (χ0v) is 12.4. The summed E-state index contributed by atoms with van der Waals surface area (Å²) < 4.78 is 5.87. The molecule has 7 heteroatoms. The van der Waals surface area contributed by atoms with Gasteiger partial charge in [-0.25, -0.2) is 4.79 Å². The first-order valence-corrected chi connectivity index (χ1v) is 6.56. The van der Waals surface area contributed by atoms with Crippen LogP contribution in [0, 0.1) is 20.8 Å². The summed E-state index contributed by atoms with van der Waals surface area (Å²) in [5.74, 6) is -1.03. The number of rotatable bonds is 3. The van der Waals surface area contributed by atoms with E-state index in [1.54, 1.807) is 27.7 Å². The Morgan fingerprint density at radius 2 is 1.95 bits per heavy atom. The number of aromatic nitrogens is 3. The maximum absolute atomic E-state index is 12.4. The van der Waals surface area contributed by atoms with E-state index in [0.717, 1.165) is 4.68 Å². The van der Waals surface area contributed by atoms with Crippen LogP contribution in [-0.4, -0.2) is 33.2 Å². The van der Waals surface area contributed by atoms with Crippen LogP contribution in [0.25, 0.3) is 0 Å². The Hall–Kier alpha value is -2.57. The van der Waals surface area contributed by atoms with Crippen molar-refractivity contribution < 1.29 is 14.3 Å². The van der Waals surface area contributed by atoms with Crippen LogP contribution in [0.5, 0.6) is 0 Å². The van der Waals surface area contributed by atoms with Crippen LogP contribution in [0.3, 0.4) is 0 Å². The van der Waals surface area contributed by atoms with Crippen LogP contribution < -0.4 is 5.56 Å². The first kappa shape index (κ1) is 14.8. The topological polar surface area (TPSA) is 96.9 Å². The van der Waals surface area contributed by atoms with Crippen LogP contribution in [-0.2, 0) is 4.74 Å². The fourth-order valence-electron chi connectivity index (χ4n) is 2.25. The minimum atomic E-state index is -0.538. The lowest BCUT2D eigenvalue weighted by Crippen LogP contribution is -2.25. The van der Waals surface area contributed by atoms with Crippen molar-refractivity contribution in [1.82, 2.24) is 14.8 Å². The van der Waals surface area contributed by atoms with E-state index in [-0.39, 0.29) is 12.3 Å². The summed E-state index contributed by atoms with van der Waals surface area (Å²) in [5, 5.41) is 2.67. The summed E-state index contributed by atoms with van der Waals surface area (Å²) in [7, 11) is 0. The average Bonchev–Trinajstić information content (AvgIpc) is 2.88. The highest BCUT2D eigenvalue weighted by Gasteiger charge is 2.24. The van der Waals surface area contributed by atoms with E-state index < -0.39 is 17.4 Å². The summed E-state index contributed by atoms with van der Waals surface area (Å²) in [6.45, 7) is 6.97. The number of hydrogen-bond acceptors (Lipinski definition) is 4. The molecule has 2 heterocycles. The molecule has 0 saturated heterocycles. The molecule has 21 heavy (non-hydrogen) atoms. The highest BCUT2D eigenvalue weighted by atomic mass is 16.5. The monoisotopic (exact) mass is 291 g/mol. The van der Waals surface area contributed by atoms with Gasteiger partial charge in [0.2, 0.25) is 0 Å². The van der Waals surface area contributed by atoms with Gasteiger partial charge in [0.15, 0.2) is 0 Å². The molecule has 2 N–H and O–H groups in total. The number of H-pyrrole nitrogens is 2. The van der Waals surface area contributed by atoms with E-state index in [4.69, 9.17) is 4.74 Å². The van der Waals surface area contributed by atoms with E-state index in [1.807, 2.05) is 0 Å². The zero-order valence-electron chi connectivity index (χ0n) is 12.4. The van der Waals surface area contributed by atoms with Gasteiger partial charge in [0.25, 0.3) is 11.5 Å². The van der Waals surface area contributed by atoms with Crippen LogP contribution in [0.15, 0.2) is 10.9 Å². The normalized spacial score (nSPS) is 10.7. The smallest absolute Gasteiger partial charge is 0.340 e. The molecule has 0 atom stereocenters. The number of carbonyl (C=O) groups is 2. The second kappa shape index (κ2) is 5.43. The number of aryl methyl sites for hydroxylation is 2. The van der Waals surface area contributed by atoms with Gasteiger partial charge in [-0.05, 0) is 33.3 Å². The molecule has 2 aromatic rings. The van der Waals surface area contributed by atoms with E-state index in [2.05, 4.69) is 10.1 Å². The summed E-state index contributed by atoms with van der Waals surface area (Å²) in [5.41, 5.74) is 1.67. The first-order valence-electron chi connectivity index (χ1n) is 6.56. The van der Waals surface area contributed by atoms with Gasteiger partial charge < -0.3 is 9.72 Å². The molecule has 0 amide bonds. The number of ether oxygens (including phenoxy) is 1. The minimum absolute atomic E-state index is 0.194. The molecule has 0 bridgehead atoms. The molecule has 0 spiro atoms. The molecule has 2 rings (SSSR count). The van der Waals surface area contributed by atoms with Gasteiger partial charge in [-0.1, -0.05) is 0 Å². The van der Waals surface area contributed by atoms with Crippen molar-refractivity contribution in [2.75, 3.05) is 6.61 Å². The van der Waals surface area contributed by atoms with Crippen LogP contribution >= 0.6 is 0 Å². The van der Waals surface area contributed by atoms with Gasteiger partial charge in [-0.2, -0.15) is 4.68 Å². The molecule has 0 aliphatic heterocycles. The molecule has 0 aliphatic rings. The maximum atomic E-state index is 12.4. The zero-order chi connectivity index (χ0) is 15.7. The number of esters is 1. The predicted octanol–water partition coefficient (Wildman–Crippen LogP) is 1.29. The van der Waals surface area contributed by atoms with Gasteiger partial charge in [0.1, 0.15) is 5.69 Å². The number of hydrogen-bond donors (Lipinski definition) is 2. The standard InChI is InChI=1S/C14H17N3O4/c1-5-21-14(20)11-8(3)12(15-9(11)4)13(19)17-10(18)6-7(2)16-17/h6,15-16H,5H2,1-4H3. The van der Waals surface area contributed by atoms with E-state index in [9.17, 15) is 14.4 Å². The van der Waals surface area contributed by atoms with Gasteiger partial charge in [0, 0.05) is 17.5 Å². The van der Waals surface area contributed by atoms with Crippen molar-refractivity contribution in [3.63, 3.8) is 0 Å². The Morgan fingerprint density at radius 1 is 1.29 bits per heavy atom. The molecule has 0 aromatic carbocycles.